The van der Waals surface area contributed by atoms with Crippen molar-refractivity contribution in [3.8, 4) is 11.5 Å². The second-order valence-electron chi connectivity index (χ2n) is 8.73. The maximum Gasteiger partial charge on any atom is 0.416 e. The first-order valence-electron chi connectivity index (χ1n) is 11.9. The van der Waals surface area contributed by atoms with Crippen LogP contribution in [-0.2, 0) is 5.54 Å². The molecule has 4 N–H and O–H groups in total. The van der Waals surface area contributed by atoms with E-state index in [0.29, 0.717) is 27.7 Å². The number of fused-ring (bicyclic) bond motifs is 1. The molecule has 41 heavy (non-hydrogen) atoms. The van der Waals surface area contributed by atoms with E-state index in [1.54, 1.807) is 30.3 Å². The molecule has 1 aliphatic rings. The lowest BCUT2D eigenvalue weighted by atomic mass is 9.90. The van der Waals surface area contributed by atoms with Crippen molar-refractivity contribution in [2.24, 2.45) is 0 Å². The van der Waals surface area contributed by atoms with Gasteiger partial charge >= 0.3 is 12.2 Å². The van der Waals surface area contributed by atoms with E-state index in [9.17, 15) is 22.4 Å². The Kier molecular flexibility index (Phi) is 7.60. The van der Waals surface area contributed by atoms with Crippen molar-refractivity contribution in [3.05, 3.63) is 90.3 Å². The molecule has 9 nitrogen and oxygen atoms in total. The van der Waals surface area contributed by atoms with Crippen LogP contribution in [0.15, 0.2) is 88.8 Å². The Balaban J connectivity index is 1.32. The maximum absolute atomic E-state index is 14.1. The van der Waals surface area contributed by atoms with Crippen LogP contribution < -0.4 is 31.0 Å². The van der Waals surface area contributed by atoms with Crippen LogP contribution >= 0.6 is 11.8 Å². The smallest absolute Gasteiger partial charge is 0.416 e. The lowest BCUT2D eigenvalue weighted by Gasteiger charge is -2.30. The Morgan fingerprint density at radius 3 is 2.41 bits per heavy atom. The number of ether oxygens (including phenoxy) is 2. The van der Waals surface area contributed by atoms with Crippen molar-refractivity contribution in [1.82, 2.24) is 26.1 Å². The number of carbonyl (C=O) groups excluding carboxylic acids is 1. The summed E-state index contributed by atoms with van der Waals surface area (Å²) >= 11 is 1.32. The highest BCUT2D eigenvalue weighted by atomic mass is 32.2. The molecule has 0 radical (unpaired) electrons. The van der Waals surface area contributed by atoms with Crippen molar-refractivity contribution in [2.45, 2.75) is 21.6 Å². The van der Waals surface area contributed by atoms with E-state index in [4.69, 9.17) is 9.47 Å². The molecule has 0 saturated carbocycles. The lowest BCUT2D eigenvalue weighted by Crippen LogP contribution is -2.53. The van der Waals surface area contributed by atoms with Crippen LogP contribution in [0, 0.1) is 5.82 Å². The number of urea groups is 1. The van der Waals surface area contributed by atoms with Crippen LogP contribution in [0.2, 0.25) is 0 Å². The fourth-order valence-electron chi connectivity index (χ4n) is 4.18. The molecule has 0 spiro atoms. The van der Waals surface area contributed by atoms with Gasteiger partial charge in [0.15, 0.2) is 17.0 Å². The van der Waals surface area contributed by atoms with Gasteiger partial charge in [-0.15, -0.1) is 0 Å². The largest absolute Gasteiger partial charge is 0.493 e. The number of aromatic nitrogens is 2. The second kappa shape index (κ2) is 11.1. The molecule has 14 heteroatoms. The first kappa shape index (κ1) is 28.0. The second-order valence-corrected chi connectivity index (χ2v) is 9.80. The predicted molar refractivity (Wildman–Crippen MR) is 144 cm³/mol. The van der Waals surface area contributed by atoms with E-state index in [2.05, 4.69) is 31.5 Å². The van der Waals surface area contributed by atoms with Gasteiger partial charge in [-0.05, 0) is 48.0 Å². The monoisotopic (exact) mass is 586 g/mol. The van der Waals surface area contributed by atoms with E-state index >= 15 is 0 Å². The van der Waals surface area contributed by atoms with Crippen LogP contribution in [0.5, 0.6) is 11.5 Å². The molecule has 1 atom stereocenters. The standard InChI is InChI=1S/C27H22F4N6O3S/c1-39-21-11-19-20(12-22(21)40-2)32-14-33-24(19)41-18-5-3-4-17(10-18)34-25(38)35-23-13-26(37-36-23,27(29,30)31)15-6-8-16(28)9-7-15/h3-14,36-37H,1-2H3,(H2,34,35,38). The van der Waals surface area contributed by atoms with Crippen LogP contribution in [0.4, 0.5) is 28.0 Å². The third-order valence-electron chi connectivity index (χ3n) is 6.16. The van der Waals surface area contributed by atoms with Crippen LogP contribution in [0.3, 0.4) is 0 Å². The van der Waals surface area contributed by atoms with Crippen LogP contribution in [0.25, 0.3) is 10.9 Å². The Bertz CT molecular complexity index is 1630. The number of amides is 2. The first-order valence-corrected chi connectivity index (χ1v) is 12.7. The van der Waals surface area contributed by atoms with Gasteiger partial charge in [0.1, 0.15) is 23.0 Å². The minimum Gasteiger partial charge on any atom is -0.493 e. The Morgan fingerprint density at radius 2 is 1.71 bits per heavy atom. The number of hydrogen-bond donors (Lipinski definition) is 4. The number of rotatable bonds is 7. The third-order valence-corrected chi connectivity index (χ3v) is 7.17. The van der Waals surface area contributed by atoms with Gasteiger partial charge in [0.2, 0.25) is 0 Å². The molecule has 1 aliphatic heterocycles. The number of alkyl halides is 3. The van der Waals surface area contributed by atoms with Gasteiger partial charge < -0.3 is 20.2 Å². The number of hydrazine groups is 1. The van der Waals surface area contributed by atoms with Gasteiger partial charge in [-0.1, -0.05) is 30.0 Å². The summed E-state index contributed by atoms with van der Waals surface area (Å²) in [5.41, 5.74) is 2.62. The van der Waals surface area contributed by atoms with Crippen molar-refractivity contribution in [2.75, 3.05) is 19.5 Å². The van der Waals surface area contributed by atoms with Crippen molar-refractivity contribution < 1.29 is 31.8 Å². The van der Waals surface area contributed by atoms with E-state index in [0.717, 1.165) is 40.6 Å². The number of anilines is 1. The average Bonchev–Trinajstić information content (AvgIpc) is 3.38. The molecular formula is C27H22F4N6O3S. The molecule has 2 heterocycles. The van der Waals surface area contributed by atoms with Gasteiger partial charge in [-0.2, -0.15) is 13.2 Å². The van der Waals surface area contributed by atoms with Gasteiger partial charge in [0, 0.05) is 22.0 Å². The molecule has 0 aliphatic carbocycles. The van der Waals surface area contributed by atoms with Crippen molar-refractivity contribution >= 4 is 34.4 Å². The molecule has 1 unspecified atom stereocenters. The van der Waals surface area contributed by atoms with Crippen LogP contribution in [-0.4, -0.2) is 36.4 Å². The van der Waals surface area contributed by atoms with Gasteiger partial charge in [-0.25, -0.2) is 24.6 Å². The summed E-state index contributed by atoms with van der Waals surface area (Å²) in [6, 6.07) is 13.5. The van der Waals surface area contributed by atoms with E-state index in [1.165, 1.54) is 32.3 Å². The number of halogens is 4. The minimum absolute atomic E-state index is 0.230. The maximum atomic E-state index is 14.1. The average molecular weight is 587 g/mol. The first-order chi connectivity index (χ1) is 19.6. The number of nitrogens with zero attached hydrogens (tertiary/aromatic N) is 2. The molecule has 1 aromatic heterocycles. The molecule has 0 fully saturated rings. The molecule has 0 bridgehead atoms. The summed E-state index contributed by atoms with van der Waals surface area (Å²) in [5.74, 6) is 0.139. The van der Waals surface area contributed by atoms with E-state index < -0.39 is 23.6 Å². The zero-order valence-corrected chi connectivity index (χ0v) is 22.3. The normalized spacial score (nSPS) is 16.6. The summed E-state index contributed by atoms with van der Waals surface area (Å²) in [5, 5.41) is 6.33. The van der Waals surface area contributed by atoms with E-state index in [-0.39, 0.29) is 11.4 Å². The molecule has 212 valence electrons. The number of methoxy groups -OCH3 is 2. The molecule has 3 aromatic carbocycles. The van der Waals surface area contributed by atoms with Crippen molar-refractivity contribution in [1.29, 1.82) is 0 Å². The van der Waals surface area contributed by atoms with Crippen LogP contribution in [0.1, 0.15) is 5.56 Å². The van der Waals surface area contributed by atoms with Gasteiger partial charge in [0.05, 0.1) is 19.7 Å². The van der Waals surface area contributed by atoms with Gasteiger partial charge in [0.25, 0.3) is 0 Å². The quantitative estimate of drug-likeness (QED) is 0.167. The molecular weight excluding hydrogens is 564 g/mol. The zero-order valence-electron chi connectivity index (χ0n) is 21.5. The summed E-state index contributed by atoms with van der Waals surface area (Å²) in [7, 11) is 3.06. The molecule has 0 saturated heterocycles. The summed E-state index contributed by atoms with van der Waals surface area (Å²) in [6.45, 7) is 0. The van der Waals surface area contributed by atoms with E-state index in [1.807, 2.05) is 6.07 Å². The summed E-state index contributed by atoms with van der Waals surface area (Å²) in [4.78, 5) is 22.1. The lowest BCUT2D eigenvalue weighted by molar-refractivity contribution is -0.184. The zero-order chi connectivity index (χ0) is 29.2. The van der Waals surface area contributed by atoms with Gasteiger partial charge in [-0.3, -0.25) is 5.32 Å². The highest BCUT2D eigenvalue weighted by Gasteiger charge is 2.57. The Hall–Kier alpha value is -4.56. The fraction of sp³-hybridized carbons (Fsp3) is 0.148. The predicted octanol–water partition coefficient (Wildman–Crippen LogP) is 5.47. The number of nitrogens with one attached hydrogen (secondary N) is 4. The Labute approximate surface area is 235 Å². The Morgan fingerprint density at radius 1 is 0.976 bits per heavy atom. The highest BCUT2D eigenvalue weighted by Crippen LogP contribution is 2.42. The molecule has 5 rings (SSSR count). The highest BCUT2D eigenvalue weighted by molar-refractivity contribution is 7.99. The molecule has 2 amide bonds. The topological polar surface area (TPSA) is 109 Å². The fourth-order valence-corrected chi connectivity index (χ4v) is 5.11. The molecule has 4 aromatic rings. The number of hydrogen-bond acceptors (Lipinski definition) is 8. The number of benzene rings is 3. The summed E-state index contributed by atoms with van der Waals surface area (Å²) < 4.78 is 66.2. The van der Waals surface area contributed by atoms with Crippen molar-refractivity contribution in [3.63, 3.8) is 0 Å². The SMILES string of the molecule is COc1cc2ncnc(Sc3cccc(NC(=O)NC4=CC(c5ccc(F)cc5)(C(F)(F)F)NN4)c3)c2cc1OC. The summed E-state index contributed by atoms with van der Waals surface area (Å²) in [6.07, 6.45) is -2.59. The number of carbonyl (C=O) groups is 1. The minimum atomic E-state index is -4.80. The third kappa shape index (κ3) is 5.69.